The molecule has 0 aliphatic heterocycles. The highest BCUT2D eigenvalue weighted by molar-refractivity contribution is 5.98. The van der Waals surface area contributed by atoms with Crippen LogP contribution in [-0.4, -0.2) is 27.3 Å². The molecule has 0 bridgehead atoms. The molecule has 1 aliphatic carbocycles. The van der Waals surface area contributed by atoms with Crippen molar-refractivity contribution in [3.63, 3.8) is 0 Å². The standard InChI is InChI=1S/C17H20O4/c1-10-6-7-12-8-11(2)14(17(18)21-5)16(20-4)15(12)13(10)9-19-3/h8-9H,1,6-7H2,2-5H3/b13-9-. The Balaban J connectivity index is 2.79. The van der Waals surface area contributed by atoms with Gasteiger partial charge < -0.3 is 14.2 Å². The summed E-state index contributed by atoms with van der Waals surface area (Å²) in [5, 5.41) is 0. The van der Waals surface area contributed by atoms with E-state index >= 15 is 0 Å². The van der Waals surface area contributed by atoms with Gasteiger partial charge in [-0.25, -0.2) is 4.79 Å². The van der Waals surface area contributed by atoms with E-state index in [2.05, 4.69) is 6.58 Å². The fourth-order valence-corrected chi connectivity index (χ4v) is 2.77. The van der Waals surface area contributed by atoms with Gasteiger partial charge in [0.05, 0.1) is 27.6 Å². The number of hydrogen-bond acceptors (Lipinski definition) is 4. The summed E-state index contributed by atoms with van der Waals surface area (Å²) in [4.78, 5) is 12.1. The van der Waals surface area contributed by atoms with E-state index in [1.807, 2.05) is 13.0 Å². The van der Waals surface area contributed by atoms with E-state index in [9.17, 15) is 4.79 Å². The summed E-state index contributed by atoms with van der Waals surface area (Å²) in [6.07, 6.45) is 3.38. The first-order chi connectivity index (χ1) is 10.0. The molecule has 1 aromatic carbocycles. The van der Waals surface area contributed by atoms with E-state index < -0.39 is 5.97 Å². The number of fused-ring (bicyclic) bond motifs is 1. The zero-order valence-electron chi connectivity index (χ0n) is 12.9. The monoisotopic (exact) mass is 288 g/mol. The van der Waals surface area contributed by atoms with Crippen LogP contribution in [0.15, 0.2) is 24.5 Å². The predicted octanol–water partition coefficient (Wildman–Crippen LogP) is 3.28. The molecule has 2 rings (SSSR count). The van der Waals surface area contributed by atoms with Crippen LogP contribution in [0.2, 0.25) is 0 Å². The number of esters is 1. The summed E-state index contributed by atoms with van der Waals surface area (Å²) in [7, 11) is 4.52. The minimum atomic E-state index is -0.403. The summed E-state index contributed by atoms with van der Waals surface area (Å²) in [5.41, 5.74) is 5.16. The summed E-state index contributed by atoms with van der Waals surface area (Å²) in [6.45, 7) is 5.97. The van der Waals surface area contributed by atoms with Crippen LogP contribution in [0.5, 0.6) is 5.75 Å². The lowest BCUT2D eigenvalue weighted by Crippen LogP contribution is -2.13. The van der Waals surface area contributed by atoms with Crippen LogP contribution < -0.4 is 4.74 Å². The normalized spacial score (nSPS) is 15.6. The first kappa shape index (κ1) is 15.2. The van der Waals surface area contributed by atoms with Crippen molar-refractivity contribution in [3.05, 3.63) is 46.7 Å². The number of methoxy groups -OCH3 is 3. The third kappa shape index (κ3) is 2.53. The highest BCUT2D eigenvalue weighted by Gasteiger charge is 2.28. The molecule has 1 aliphatic rings. The molecular formula is C17H20O4. The van der Waals surface area contributed by atoms with Gasteiger partial charge in [0.1, 0.15) is 11.3 Å². The molecule has 21 heavy (non-hydrogen) atoms. The number of hydrogen-bond donors (Lipinski definition) is 0. The van der Waals surface area contributed by atoms with Crippen LogP contribution >= 0.6 is 0 Å². The lowest BCUT2D eigenvalue weighted by atomic mass is 9.82. The van der Waals surface area contributed by atoms with Gasteiger partial charge in [0.15, 0.2) is 0 Å². The Morgan fingerprint density at radius 2 is 2.00 bits per heavy atom. The maximum atomic E-state index is 12.1. The SMILES string of the molecule is C=C1CCc2cc(C)c(C(=O)OC)c(OC)c2/C1=C\OC. The topological polar surface area (TPSA) is 44.8 Å². The highest BCUT2D eigenvalue weighted by atomic mass is 16.5. The van der Waals surface area contributed by atoms with Crippen LogP contribution in [0.3, 0.4) is 0 Å². The van der Waals surface area contributed by atoms with E-state index in [-0.39, 0.29) is 0 Å². The second-order valence-corrected chi connectivity index (χ2v) is 5.00. The van der Waals surface area contributed by atoms with Gasteiger partial charge in [-0.1, -0.05) is 12.6 Å². The number of benzene rings is 1. The van der Waals surface area contributed by atoms with Crippen molar-refractivity contribution in [1.29, 1.82) is 0 Å². The Morgan fingerprint density at radius 1 is 1.29 bits per heavy atom. The zero-order chi connectivity index (χ0) is 15.6. The minimum Gasteiger partial charge on any atom is -0.504 e. The van der Waals surface area contributed by atoms with Crippen molar-refractivity contribution in [3.8, 4) is 5.75 Å². The fraction of sp³-hybridized carbons (Fsp3) is 0.353. The molecule has 4 heteroatoms. The van der Waals surface area contributed by atoms with E-state index in [0.717, 1.165) is 40.7 Å². The molecule has 0 aromatic heterocycles. The van der Waals surface area contributed by atoms with Crippen molar-refractivity contribution in [2.75, 3.05) is 21.3 Å². The molecule has 0 spiro atoms. The molecule has 0 amide bonds. The van der Waals surface area contributed by atoms with Crippen molar-refractivity contribution >= 4 is 11.5 Å². The molecule has 0 saturated carbocycles. The number of allylic oxidation sites excluding steroid dienone is 2. The number of aryl methyl sites for hydroxylation is 2. The summed E-state index contributed by atoms with van der Waals surface area (Å²) < 4.78 is 15.6. The van der Waals surface area contributed by atoms with E-state index in [4.69, 9.17) is 14.2 Å². The first-order valence-electron chi connectivity index (χ1n) is 6.75. The van der Waals surface area contributed by atoms with Gasteiger partial charge in [-0.05, 0) is 36.5 Å². The maximum Gasteiger partial charge on any atom is 0.341 e. The Bertz CT molecular complexity index is 626. The maximum absolute atomic E-state index is 12.1. The third-order valence-electron chi connectivity index (χ3n) is 3.74. The fourth-order valence-electron chi connectivity index (χ4n) is 2.77. The number of carbonyl (C=O) groups excluding carboxylic acids is 1. The van der Waals surface area contributed by atoms with Crippen LogP contribution in [0.1, 0.15) is 33.5 Å². The quantitative estimate of drug-likeness (QED) is 0.632. The largest absolute Gasteiger partial charge is 0.504 e. The highest BCUT2D eigenvalue weighted by Crippen LogP contribution is 2.43. The lowest BCUT2D eigenvalue weighted by molar-refractivity contribution is 0.0596. The smallest absolute Gasteiger partial charge is 0.341 e. The number of carbonyl (C=O) groups is 1. The van der Waals surface area contributed by atoms with E-state index in [0.29, 0.717) is 11.3 Å². The molecule has 0 atom stereocenters. The molecule has 0 fully saturated rings. The Morgan fingerprint density at radius 3 is 2.57 bits per heavy atom. The molecule has 1 aromatic rings. The van der Waals surface area contributed by atoms with Gasteiger partial charge >= 0.3 is 5.97 Å². The predicted molar refractivity (Wildman–Crippen MR) is 81.5 cm³/mol. The van der Waals surface area contributed by atoms with E-state index in [1.165, 1.54) is 7.11 Å². The lowest BCUT2D eigenvalue weighted by Gasteiger charge is -2.25. The first-order valence-corrected chi connectivity index (χ1v) is 6.75. The summed E-state index contributed by atoms with van der Waals surface area (Å²) in [5.74, 6) is 0.126. The Labute approximate surface area is 125 Å². The second kappa shape index (κ2) is 6.04. The summed E-state index contributed by atoms with van der Waals surface area (Å²) >= 11 is 0. The molecule has 0 N–H and O–H groups in total. The van der Waals surface area contributed by atoms with Crippen molar-refractivity contribution < 1.29 is 19.0 Å². The van der Waals surface area contributed by atoms with Gasteiger partial charge in [0.2, 0.25) is 0 Å². The van der Waals surface area contributed by atoms with Crippen LogP contribution in [-0.2, 0) is 15.9 Å². The zero-order valence-corrected chi connectivity index (χ0v) is 12.9. The van der Waals surface area contributed by atoms with Gasteiger partial charge in [0.25, 0.3) is 0 Å². The third-order valence-corrected chi connectivity index (χ3v) is 3.74. The van der Waals surface area contributed by atoms with E-state index in [1.54, 1.807) is 20.5 Å². The molecule has 0 radical (unpaired) electrons. The molecular weight excluding hydrogens is 268 g/mol. The molecule has 0 saturated heterocycles. The van der Waals surface area contributed by atoms with Gasteiger partial charge in [-0.15, -0.1) is 0 Å². The average molecular weight is 288 g/mol. The van der Waals surface area contributed by atoms with Crippen LogP contribution in [0.4, 0.5) is 0 Å². The summed E-state index contributed by atoms with van der Waals surface area (Å²) in [6, 6.07) is 2.01. The minimum absolute atomic E-state index is 0.403. The second-order valence-electron chi connectivity index (χ2n) is 5.00. The molecule has 4 nitrogen and oxygen atoms in total. The average Bonchev–Trinajstić information content (AvgIpc) is 2.48. The molecule has 112 valence electrons. The van der Waals surface area contributed by atoms with Crippen molar-refractivity contribution in [2.24, 2.45) is 0 Å². The molecule has 0 unspecified atom stereocenters. The Kier molecular flexibility index (Phi) is 4.36. The number of ether oxygens (including phenoxy) is 3. The van der Waals surface area contributed by atoms with Crippen molar-refractivity contribution in [1.82, 2.24) is 0 Å². The van der Waals surface area contributed by atoms with Gasteiger partial charge in [0, 0.05) is 11.1 Å². The Hall–Kier alpha value is -2.23. The molecule has 0 heterocycles. The van der Waals surface area contributed by atoms with Crippen LogP contribution in [0.25, 0.3) is 5.57 Å². The number of rotatable bonds is 3. The van der Waals surface area contributed by atoms with Crippen molar-refractivity contribution in [2.45, 2.75) is 19.8 Å². The van der Waals surface area contributed by atoms with Gasteiger partial charge in [-0.2, -0.15) is 0 Å². The van der Waals surface area contributed by atoms with Gasteiger partial charge in [-0.3, -0.25) is 0 Å². The van der Waals surface area contributed by atoms with Crippen LogP contribution in [0, 0.1) is 6.92 Å².